The smallest absolute Gasteiger partial charge is 0.410 e. The summed E-state index contributed by atoms with van der Waals surface area (Å²) in [5.41, 5.74) is -1.73. The molecule has 0 aromatic heterocycles. The molecular weight excluding hydrogens is 173 g/mol. The van der Waals surface area contributed by atoms with Gasteiger partial charge in [0.25, 0.3) is 0 Å². The Morgan fingerprint density at radius 3 is 2.23 bits per heavy atom. The highest BCUT2D eigenvalue weighted by atomic mass is 19.1. The molecule has 4 heteroatoms. The largest absolute Gasteiger partial charge is 0.444 e. The molecule has 3 nitrogen and oxygen atoms in total. The third-order valence-corrected chi connectivity index (χ3v) is 1.69. The van der Waals surface area contributed by atoms with E-state index >= 15 is 0 Å². The zero-order chi connectivity index (χ0) is 10.3. The van der Waals surface area contributed by atoms with Crippen molar-refractivity contribution in [3.63, 3.8) is 0 Å². The Labute approximate surface area is 77.9 Å². The average molecular weight is 189 g/mol. The minimum Gasteiger partial charge on any atom is -0.444 e. The van der Waals surface area contributed by atoms with Gasteiger partial charge in [0.1, 0.15) is 11.3 Å². The van der Waals surface area contributed by atoms with E-state index in [0.717, 1.165) is 0 Å². The van der Waals surface area contributed by atoms with E-state index in [0.29, 0.717) is 0 Å². The highest BCUT2D eigenvalue weighted by molar-refractivity contribution is 5.69. The number of carbonyl (C=O) groups is 1. The van der Waals surface area contributed by atoms with E-state index in [1.54, 1.807) is 20.8 Å². The van der Waals surface area contributed by atoms with Crippen LogP contribution in [0.3, 0.4) is 0 Å². The molecule has 1 rings (SSSR count). The van der Waals surface area contributed by atoms with Crippen molar-refractivity contribution in [3.05, 3.63) is 0 Å². The monoisotopic (exact) mass is 189 g/mol. The molecule has 1 fully saturated rings. The molecule has 0 aliphatic carbocycles. The van der Waals surface area contributed by atoms with E-state index < -0.39 is 17.4 Å². The number of carbonyl (C=O) groups excluding carboxylic acids is 1. The van der Waals surface area contributed by atoms with Crippen LogP contribution in [0.5, 0.6) is 0 Å². The van der Waals surface area contributed by atoms with Crippen molar-refractivity contribution >= 4 is 6.09 Å². The van der Waals surface area contributed by atoms with Crippen molar-refractivity contribution in [1.82, 2.24) is 4.90 Å². The highest BCUT2D eigenvalue weighted by Gasteiger charge is 2.43. The van der Waals surface area contributed by atoms with Crippen LogP contribution in [0.25, 0.3) is 0 Å². The van der Waals surface area contributed by atoms with Crippen LogP contribution in [0.4, 0.5) is 9.18 Å². The first-order valence-corrected chi connectivity index (χ1v) is 4.36. The standard InChI is InChI=1S/C9H16FNO2/c1-8(2,3)13-7(12)11-5-9(4,10)6-11/h5-6H2,1-4H3. The summed E-state index contributed by atoms with van der Waals surface area (Å²) in [5, 5.41) is 0. The molecule has 13 heavy (non-hydrogen) atoms. The van der Waals surface area contributed by atoms with Gasteiger partial charge in [-0.1, -0.05) is 0 Å². The van der Waals surface area contributed by atoms with Gasteiger partial charge in [-0.2, -0.15) is 0 Å². The Morgan fingerprint density at radius 1 is 1.46 bits per heavy atom. The quantitative estimate of drug-likeness (QED) is 0.583. The van der Waals surface area contributed by atoms with E-state index in [1.165, 1.54) is 11.8 Å². The van der Waals surface area contributed by atoms with Crippen LogP contribution in [-0.2, 0) is 4.74 Å². The number of hydrogen-bond acceptors (Lipinski definition) is 2. The van der Waals surface area contributed by atoms with Gasteiger partial charge in [-0.05, 0) is 27.7 Å². The fraction of sp³-hybridized carbons (Fsp3) is 0.889. The third kappa shape index (κ3) is 2.86. The molecule has 0 saturated carbocycles. The fourth-order valence-corrected chi connectivity index (χ4v) is 1.21. The molecular formula is C9H16FNO2. The Morgan fingerprint density at radius 2 is 1.92 bits per heavy atom. The van der Waals surface area contributed by atoms with Crippen LogP contribution >= 0.6 is 0 Å². The summed E-state index contributed by atoms with van der Waals surface area (Å²) in [5.74, 6) is 0. The van der Waals surface area contributed by atoms with Gasteiger partial charge in [0.2, 0.25) is 0 Å². The van der Waals surface area contributed by atoms with Crippen LogP contribution in [-0.4, -0.2) is 35.4 Å². The van der Waals surface area contributed by atoms with Crippen LogP contribution in [0.15, 0.2) is 0 Å². The molecule has 0 N–H and O–H groups in total. The molecule has 1 heterocycles. The lowest BCUT2D eigenvalue weighted by atomic mass is 10.0. The summed E-state index contributed by atoms with van der Waals surface area (Å²) in [6.45, 7) is 7.13. The lowest BCUT2D eigenvalue weighted by Gasteiger charge is -2.42. The Kier molecular flexibility index (Phi) is 2.26. The number of halogens is 1. The molecule has 0 aromatic carbocycles. The maximum absolute atomic E-state index is 13.0. The molecule has 1 saturated heterocycles. The second-order valence-corrected chi connectivity index (χ2v) is 4.75. The molecule has 76 valence electrons. The Balaban J connectivity index is 2.36. The summed E-state index contributed by atoms with van der Waals surface area (Å²) in [6.07, 6.45) is -0.428. The molecule has 0 radical (unpaired) electrons. The number of amides is 1. The van der Waals surface area contributed by atoms with Gasteiger partial charge in [0.15, 0.2) is 0 Å². The van der Waals surface area contributed by atoms with Crippen molar-refractivity contribution < 1.29 is 13.9 Å². The van der Waals surface area contributed by atoms with E-state index in [9.17, 15) is 9.18 Å². The number of alkyl halides is 1. The summed E-state index contributed by atoms with van der Waals surface area (Å²) in [4.78, 5) is 12.6. The van der Waals surface area contributed by atoms with Crippen molar-refractivity contribution in [1.29, 1.82) is 0 Å². The van der Waals surface area contributed by atoms with Crippen LogP contribution in [0, 0.1) is 0 Å². The summed E-state index contributed by atoms with van der Waals surface area (Å²) in [6, 6.07) is 0. The number of rotatable bonds is 0. The molecule has 0 aromatic rings. The normalized spacial score (nSPS) is 20.8. The predicted octanol–water partition coefficient (Wildman–Crippen LogP) is 1.97. The van der Waals surface area contributed by atoms with Gasteiger partial charge in [0.05, 0.1) is 13.1 Å². The number of likely N-dealkylation sites (tertiary alicyclic amines) is 1. The summed E-state index contributed by atoms with van der Waals surface area (Å²) in [7, 11) is 0. The number of nitrogens with zero attached hydrogens (tertiary/aromatic N) is 1. The summed E-state index contributed by atoms with van der Waals surface area (Å²) >= 11 is 0. The molecule has 0 atom stereocenters. The Bertz CT molecular complexity index is 212. The number of ether oxygens (including phenoxy) is 1. The van der Waals surface area contributed by atoms with Gasteiger partial charge >= 0.3 is 6.09 Å². The minimum absolute atomic E-state index is 0.141. The second-order valence-electron chi connectivity index (χ2n) is 4.75. The van der Waals surface area contributed by atoms with E-state index in [2.05, 4.69) is 0 Å². The van der Waals surface area contributed by atoms with Crippen LogP contribution in [0.2, 0.25) is 0 Å². The highest BCUT2D eigenvalue weighted by Crippen LogP contribution is 2.25. The van der Waals surface area contributed by atoms with Crippen LogP contribution < -0.4 is 0 Å². The first-order chi connectivity index (χ1) is 5.70. The molecule has 1 aliphatic heterocycles. The van der Waals surface area contributed by atoms with Gasteiger partial charge in [-0.15, -0.1) is 0 Å². The molecule has 0 spiro atoms. The van der Waals surface area contributed by atoms with E-state index in [-0.39, 0.29) is 13.1 Å². The van der Waals surface area contributed by atoms with Crippen molar-refractivity contribution in [2.45, 2.75) is 39.0 Å². The zero-order valence-corrected chi connectivity index (χ0v) is 8.56. The first-order valence-electron chi connectivity index (χ1n) is 4.36. The van der Waals surface area contributed by atoms with Gasteiger partial charge in [-0.25, -0.2) is 9.18 Å². The molecule has 0 unspecified atom stereocenters. The number of hydrogen-bond donors (Lipinski definition) is 0. The second kappa shape index (κ2) is 2.86. The van der Waals surface area contributed by atoms with Crippen molar-refractivity contribution in [2.24, 2.45) is 0 Å². The molecule has 1 aliphatic rings. The lowest BCUT2D eigenvalue weighted by Crippen LogP contribution is -2.60. The lowest BCUT2D eigenvalue weighted by molar-refractivity contribution is -0.0422. The Hall–Kier alpha value is -0.800. The molecule has 0 bridgehead atoms. The van der Waals surface area contributed by atoms with E-state index in [4.69, 9.17) is 4.74 Å². The minimum atomic E-state index is -1.23. The predicted molar refractivity (Wildman–Crippen MR) is 47.3 cm³/mol. The fourth-order valence-electron chi connectivity index (χ4n) is 1.21. The van der Waals surface area contributed by atoms with Crippen molar-refractivity contribution in [3.8, 4) is 0 Å². The van der Waals surface area contributed by atoms with Gasteiger partial charge in [0, 0.05) is 0 Å². The SMILES string of the molecule is CC1(F)CN(C(=O)OC(C)(C)C)C1. The zero-order valence-electron chi connectivity index (χ0n) is 8.56. The van der Waals surface area contributed by atoms with Crippen molar-refractivity contribution in [2.75, 3.05) is 13.1 Å². The van der Waals surface area contributed by atoms with Crippen LogP contribution in [0.1, 0.15) is 27.7 Å². The summed E-state index contributed by atoms with van der Waals surface area (Å²) < 4.78 is 18.1. The molecule has 1 amide bonds. The van der Waals surface area contributed by atoms with Gasteiger partial charge < -0.3 is 9.64 Å². The maximum atomic E-state index is 13.0. The first kappa shape index (κ1) is 10.3. The maximum Gasteiger partial charge on any atom is 0.410 e. The van der Waals surface area contributed by atoms with Gasteiger partial charge in [-0.3, -0.25) is 0 Å². The van der Waals surface area contributed by atoms with E-state index in [1.807, 2.05) is 0 Å². The topological polar surface area (TPSA) is 29.5 Å². The average Bonchev–Trinajstić information content (AvgIpc) is 1.77. The third-order valence-electron chi connectivity index (χ3n) is 1.69.